The molecule has 2 amide bonds. The van der Waals surface area contributed by atoms with Gasteiger partial charge in [-0.25, -0.2) is 4.68 Å². The molecule has 0 saturated carbocycles. The molecule has 38 heavy (non-hydrogen) atoms. The van der Waals surface area contributed by atoms with Crippen LogP contribution in [0.5, 0.6) is 0 Å². The molecule has 2 aromatic carbocycles. The van der Waals surface area contributed by atoms with E-state index in [1.165, 1.54) is 0 Å². The van der Waals surface area contributed by atoms with Crippen LogP contribution >= 0.6 is 39.1 Å². The van der Waals surface area contributed by atoms with Gasteiger partial charge in [0.1, 0.15) is 17.3 Å². The van der Waals surface area contributed by atoms with Crippen LogP contribution in [-0.4, -0.2) is 67.4 Å². The minimum atomic E-state index is -1.20. The van der Waals surface area contributed by atoms with Gasteiger partial charge in [0.25, 0.3) is 5.91 Å². The molecule has 2 atom stereocenters. The summed E-state index contributed by atoms with van der Waals surface area (Å²) in [5.41, 5.74) is 1.49. The third-order valence-electron chi connectivity index (χ3n) is 7.46. The van der Waals surface area contributed by atoms with Crippen molar-refractivity contribution in [1.29, 1.82) is 0 Å². The van der Waals surface area contributed by atoms with Crippen molar-refractivity contribution >= 4 is 50.9 Å². The molecule has 200 valence electrons. The fourth-order valence-electron chi connectivity index (χ4n) is 5.36. The van der Waals surface area contributed by atoms with E-state index in [2.05, 4.69) is 26.2 Å². The van der Waals surface area contributed by atoms with Crippen LogP contribution in [0.1, 0.15) is 53.7 Å². The minimum absolute atomic E-state index is 0.104. The number of carbonyl (C=O) groups excluding carboxylic acids is 2. The van der Waals surface area contributed by atoms with Gasteiger partial charge in [0, 0.05) is 29.1 Å². The Morgan fingerprint density at radius 1 is 1.08 bits per heavy atom. The van der Waals surface area contributed by atoms with Crippen LogP contribution < -0.4 is 0 Å². The van der Waals surface area contributed by atoms with Gasteiger partial charge in [0.2, 0.25) is 5.91 Å². The van der Waals surface area contributed by atoms with Crippen LogP contribution in [0.2, 0.25) is 10.0 Å². The normalized spacial score (nSPS) is 22.0. The van der Waals surface area contributed by atoms with E-state index in [4.69, 9.17) is 23.2 Å². The van der Waals surface area contributed by atoms with E-state index in [1.54, 1.807) is 38.9 Å². The molecule has 2 fully saturated rings. The first-order chi connectivity index (χ1) is 18.2. The number of hydrogen-bond donors (Lipinski definition) is 1. The predicted octanol–water partition coefficient (Wildman–Crippen LogP) is 5.15. The van der Waals surface area contributed by atoms with Crippen LogP contribution in [0.4, 0.5) is 0 Å². The summed E-state index contributed by atoms with van der Waals surface area (Å²) in [6.45, 7) is 3.32. The lowest BCUT2D eigenvalue weighted by molar-refractivity contribution is -0.135. The van der Waals surface area contributed by atoms with E-state index in [-0.39, 0.29) is 11.8 Å². The fraction of sp³-hybridized carbons (Fsp3) is 0.407. The molecular formula is C27H28BrCl2N5O3. The molecule has 1 aromatic heterocycles. The second-order valence-electron chi connectivity index (χ2n) is 9.97. The third kappa shape index (κ3) is 5.34. The van der Waals surface area contributed by atoms with Crippen LogP contribution in [0, 0.1) is 6.92 Å². The van der Waals surface area contributed by atoms with E-state index in [0.29, 0.717) is 66.6 Å². The van der Waals surface area contributed by atoms with Gasteiger partial charge in [-0.2, -0.15) is 0 Å². The molecule has 2 unspecified atom stereocenters. The number of benzene rings is 2. The molecule has 0 radical (unpaired) electrons. The maximum Gasteiger partial charge on any atom is 0.256 e. The van der Waals surface area contributed by atoms with Crippen molar-refractivity contribution in [2.24, 2.45) is 0 Å². The van der Waals surface area contributed by atoms with Gasteiger partial charge in [-0.3, -0.25) is 9.59 Å². The average Bonchev–Trinajstić information content (AvgIpc) is 3.53. The van der Waals surface area contributed by atoms with Gasteiger partial charge in [0.05, 0.1) is 22.5 Å². The second-order valence-corrected chi connectivity index (χ2v) is 11.7. The van der Waals surface area contributed by atoms with Crippen molar-refractivity contribution in [3.05, 3.63) is 73.9 Å². The maximum absolute atomic E-state index is 13.6. The molecule has 3 aromatic rings. The lowest BCUT2D eigenvalue weighted by atomic mass is 9.92. The topological polar surface area (TPSA) is 91.6 Å². The molecule has 0 aliphatic carbocycles. The Kier molecular flexibility index (Phi) is 7.82. The molecule has 0 bridgehead atoms. The van der Waals surface area contributed by atoms with E-state index in [9.17, 15) is 14.7 Å². The van der Waals surface area contributed by atoms with E-state index >= 15 is 0 Å². The van der Waals surface area contributed by atoms with Gasteiger partial charge in [-0.05, 0) is 81.0 Å². The third-order valence-corrected chi connectivity index (χ3v) is 8.52. The first kappa shape index (κ1) is 27.1. The molecule has 3 heterocycles. The molecule has 2 aliphatic heterocycles. The number of hydrogen-bond acceptors (Lipinski definition) is 5. The Bertz CT molecular complexity index is 1380. The number of likely N-dealkylation sites (tertiary alicyclic amines) is 2. The highest BCUT2D eigenvalue weighted by Gasteiger charge is 2.40. The fourth-order valence-corrected chi connectivity index (χ4v) is 6.21. The molecule has 8 nitrogen and oxygen atoms in total. The summed E-state index contributed by atoms with van der Waals surface area (Å²) in [6, 6.07) is 10.1. The van der Waals surface area contributed by atoms with Gasteiger partial charge in [-0.15, -0.1) is 5.10 Å². The summed E-state index contributed by atoms with van der Waals surface area (Å²) in [4.78, 5) is 30.3. The Balaban J connectivity index is 1.29. The van der Waals surface area contributed by atoms with E-state index < -0.39 is 11.6 Å². The molecule has 2 aliphatic rings. The number of halogens is 3. The van der Waals surface area contributed by atoms with Crippen LogP contribution in [-0.2, 0) is 10.4 Å². The van der Waals surface area contributed by atoms with Crippen molar-refractivity contribution in [3.63, 3.8) is 0 Å². The first-order valence-electron chi connectivity index (χ1n) is 12.6. The van der Waals surface area contributed by atoms with Crippen molar-refractivity contribution in [1.82, 2.24) is 24.8 Å². The van der Waals surface area contributed by atoms with Gasteiger partial charge < -0.3 is 14.9 Å². The van der Waals surface area contributed by atoms with E-state index in [1.807, 2.05) is 25.1 Å². The quantitative estimate of drug-likeness (QED) is 0.436. The molecule has 5 rings (SSSR count). The Labute approximate surface area is 239 Å². The summed E-state index contributed by atoms with van der Waals surface area (Å²) < 4.78 is 2.65. The Morgan fingerprint density at radius 2 is 1.89 bits per heavy atom. The Hall–Kier alpha value is -2.46. The highest BCUT2D eigenvalue weighted by Crippen LogP contribution is 2.33. The number of aliphatic hydroxyl groups is 1. The summed E-state index contributed by atoms with van der Waals surface area (Å²) in [5.74, 6) is -0.396. The zero-order valence-corrected chi connectivity index (χ0v) is 24.0. The van der Waals surface area contributed by atoms with Crippen LogP contribution in [0.15, 0.2) is 47.1 Å². The van der Waals surface area contributed by atoms with Crippen LogP contribution in [0.3, 0.4) is 0 Å². The van der Waals surface area contributed by atoms with Crippen molar-refractivity contribution in [2.75, 3.05) is 19.6 Å². The zero-order valence-electron chi connectivity index (χ0n) is 20.9. The SMILES string of the molecule is Cc1cc(Br)ccc1-n1cc(C2(O)CCCN(C(=O)C3CCCN3C(=O)c3cc(Cl)ccc3Cl)CC2)nn1. The molecule has 1 N–H and O–H groups in total. The first-order valence-corrected chi connectivity index (χ1v) is 14.2. The molecule has 0 spiro atoms. The zero-order chi connectivity index (χ0) is 27.0. The minimum Gasteiger partial charge on any atom is -0.383 e. The largest absolute Gasteiger partial charge is 0.383 e. The second kappa shape index (κ2) is 11.0. The predicted molar refractivity (Wildman–Crippen MR) is 149 cm³/mol. The lowest BCUT2D eigenvalue weighted by Gasteiger charge is -2.30. The van der Waals surface area contributed by atoms with E-state index in [0.717, 1.165) is 22.1 Å². The van der Waals surface area contributed by atoms with Crippen molar-refractivity contribution in [2.45, 2.75) is 50.7 Å². The standard InChI is InChI=1S/C27H28BrCl2N5O3/c1-17-14-18(28)5-8-22(17)35-16-24(31-32-35)27(38)9-3-11-33(13-10-27)26(37)23-4-2-12-34(23)25(36)20-15-19(29)6-7-21(20)30/h5-8,14-16,23,38H,2-4,9-13H2,1H3. The monoisotopic (exact) mass is 619 g/mol. The summed E-state index contributed by atoms with van der Waals surface area (Å²) >= 11 is 15.8. The maximum atomic E-state index is 13.6. The molecule has 2 saturated heterocycles. The lowest BCUT2D eigenvalue weighted by Crippen LogP contribution is -2.48. The number of carbonyl (C=O) groups is 2. The molecule has 11 heteroatoms. The number of rotatable bonds is 4. The summed E-state index contributed by atoms with van der Waals surface area (Å²) in [5, 5.41) is 20.8. The highest BCUT2D eigenvalue weighted by molar-refractivity contribution is 9.10. The van der Waals surface area contributed by atoms with Crippen molar-refractivity contribution in [3.8, 4) is 5.69 Å². The smallest absolute Gasteiger partial charge is 0.256 e. The number of amides is 2. The van der Waals surface area contributed by atoms with Gasteiger partial charge in [-0.1, -0.05) is 44.3 Å². The van der Waals surface area contributed by atoms with Crippen LogP contribution in [0.25, 0.3) is 5.69 Å². The highest BCUT2D eigenvalue weighted by atomic mass is 79.9. The van der Waals surface area contributed by atoms with Crippen molar-refractivity contribution < 1.29 is 14.7 Å². The summed E-state index contributed by atoms with van der Waals surface area (Å²) in [7, 11) is 0. The van der Waals surface area contributed by atoms with Gasteiger partial charge >= 0.3 is 0 Å². The number of nitrogens with zero attached hydrogens (tertiary/aromatic N) is 5. The van der Waals surface area contributed by atoms with Gasteiger partial charge in [0.15, 0.2) is 0 Å². The molecular weight excluding hydrogens is 593 g/mol. The average molecular weight is 621 g/mol. The summed E-state index contributed by atoms with van der Waals surface area (Å²) in [6.07, 6.45) is 4.48. The number of aryl methyl sites for hydroxylation is 1. The number of aromatic nitrogens is 3. The Morgan fingerprint density at radius 3 is 2.68 bits per heavy atom.